The van der Waals surface area contributed by atoms with Gasteiger partial charge in [-0.25, -0.2) is 9.59 Å². The van der Waals surface area contributed by atoms with Crippen molar-refractivity contribution in [2.75, 3.05) is 13.2 Å². The summed E-state index contributed by atoms with van der Waals surface area (Å²) in [7, 11) is 0. The number of rotatable bonds is 14. The number of carbonyl (C=O) groups is 2. The van der Waals surface area contributed by atoms with Crippen LogP contribution in [0.4, 0.5) is 0 Å². The Labute approximate surface area is 154 Å². The SMILES string of the molecule is C=COCCCCC(CCCOC=C)OC(=O)c1cccc(C(=O)O)c1. The fourth-order valence-corrected chi connectivity index (χ4v) is 2.38. The quantitative estimate of drug-likeness (QED) is 0.304. The van der Waals surface area contributed by atoms with Crippen molar-refractivity contribution in [1.82, 2.24) is 0 Å². The van der Waals surface area contributed by atoms with Gasteiger partial charge in [0.05, 0.1) is 36.9 Å². The molecule has 0 fully saturated rings. The van der Waals surface area contributed by atoms with Gasteiger partial charge in [0, 0.05) is 0 Å². The first kappa shape index (κ1) is 21.3. The van der Waals surface area contributed by atoms with Gasteiger partial charge in [-0.3, -0.25) is 0 Å². The molecule has 1 rings (SSSR count). The molecule has 0 amide bonds. The fraction of sp³-hybridized carbons (Fsp3) is 0.400. The number of esters is 1. The number of carboxylic acids is 1. The summed E-state index contributed by atoms with van der Waals surface area (Å²) in [6.07, 6.45) is 6.25. The Morgan fingerprint density at radius 1 is 1.00 bits per heavy atom. The number of hydrogen-bond acceptors (Lipinski definition) is 5. The third-order valence-corrected chi connectivity index (χ3v) is 3.68. The Bertz CT molecular complexity index is 596. The maximum atomic E-state index is 12.4. The van der Waals surface area contributed by atoms with Crippen LogP contribution in [0.3, 0.4) is 0 Å². The van der Waals surface area contributed by atoms with E-state index in [0.29, 0.717) is 26.1 Å². The molecule has 0 radical (unpaired) electrons. The lowest BCUT2D eigenvalue weighted by molar-refractivity contribution is 0.0234. The molecule has 142 valence electrons. The lowest BCUT2D eigenvalue weighted by Crippen LogP contribution is -2.19. The van der Waals surface area contributed by atoms with Crippen LogP contribution in [-0.4, -0.2) is 36.4 Å². The van der Waals surface area contributed by atoms with Gasteiger partial charge in [-0.2, -0.15) is 0 Å². The molecule has 0 spiro atoms. The van der Waals surface area contributed by atoms with Crippen molar-refractivity contribution in [1.29, 1.82) is 0 Å². The summed E-state index contributed by atoms with van der Waals surface area (Å²) < 4.78 is 15.8. The molecule has 0 saturated heterocycles. The van der Waals surface area contributed by atoms with Crippen molar-refractivity contribution in [2.45, 2.75) is 38.2 Å². The largest absolute Gasteiger partial charge is 0.502 e. The second-order valence-electron chi connectivity index (χ2n) is 5.63. The minimum Gasteiger partial charge on any atom is -0.502 e. The predicted molar refractivity (Wildman–Crippen MR) is 98.0 cm³/mol. The van der Waals surface area contributed by atoms with E-state index in [1.54, 1.807) is 6.07 Å². The fourth-order valence-electron chi connectivity index (χ4n) is 2.38. The van der Waals surface area contributed by atoms with E-state index in [2.05, 4.69) is 13.2 Å². The van der Waals surface area contributed by atoms with Crippen molar-refractivity contribution in [3.05, 3.63) is 61.1 Å². The first-order chi connectivity index (χ1) is 12.6. The molecule has 6 heteroatoms. The van der Waals surface area contributed by atoms with E-state index >= 15 is 0 Å². The van der Waals surface area contributed by atoms with Crippen LogP contribution in [-0.2, 0) is 14.2 Å². The van der Waals surface area contributed by atoms with Crippen molar-refractivity contribution in [3.63, 3.8) is 0 Å². The van der Waals surface area contributed by atoms with Gasteiger partial charge in [0.2, 0.25) is 0 Å². The van der Waals surface area contributed by atoms with E-state index in [-0.39, 0.29) is 17.2 Å². The highest BCUT2D eigenvalue weighted by atomic mass is 16.5. The molecule has 1 unspecified atom stereocenters. The van der Waals surface area contributed by atoms with Crippen LogP contribution in [0.1, 0.15) is 52.8 Å². The molecule has 0 bridgehead atoms. The second kappa shape index (κ2) is 12.6. The minimum atomic E-state index is -1.08. The number of unbranched alkanes of at least 4 members (excludes halogenated alkanes) is 1. The normalized spacial score (nSPS) is 11.2. The summed E-state index contributed by atoms with van der Waals surface area (Å²) in [5.41, 5.74) is 0.282. The smallest absolute Gasteiger partial charge is 0.338 e. The topological polar surface area (TPSA) is 82.1 Å². The zero-order chi connectivity index (χ0) is 19.2. The molecule has 1 aromatic carbocycles. The lowest BCUT2D eigenvalue weighted by atomic mass is 10.1. The van der Waals surface area contributed by atoms with Gasteiger partial charge in [0.25, 0.3) is 0 Å². The molecule has 1 atom stereocenters. The Kier molecular flexibility index (Phi) is 10.3. The Morgan fingerprint density at radius 3 is 2.27 bits per heavy atom. The summed E-state index contributed by atoms with van der Waals surface area (Å²) in [5, 5.41) is 9.03. The van der Waals surface area contributed by atoms with Crippen molar-refractivity contribution in [2.24, 2.45) is 0 Å². The Balaban J connectivity index is 2.61. The van der Waals surface area contributed by atoms with Crippen LogP contribution in [0, 0.1) is 0 Å². The molecule has 0 aliphatic rings. The summed E-state index contributed by atoms with van der Waals surface area (Å²) in [4.78, 5) is 23.4. The number of hydrogen-bond donors (Lipinski definition) is 1. The average molecular weight is 362 g/mol. The van der Waals surface area contributed by atoms with Gasteiger partial charge >= 0.3 is 11.9 Å². The van der Waals surface area contributed by atoms with E-state index in [1.165, 1.54) is 30.7 Å². The highest BCUT2D eigenvalue weighted by Gasteiger charge is 2.17. The van der Waals surface area contributed by atoms with Gasteiger partial charge in [-0.15, -0.1) is 0 Å². The maximum Gasteiger partial charge on any atom is 0.338 e. The average Bonchev–Trinajstić information content (AvgIpc) is 2.64. The standard InChI is InChI=1S/C20H26O6/c1-3-24-13-6-5-11-18(12-8-14-25-4-2)26-20(23)17-10-7-9-16(15-17)19(21)22/h3-4,7,9-10,15,18H,1-2,5-6,8,11-14H2,(H,21,22). The number of aromatic carboxylic acids is 1. The van der Waals surface area contributed by atoms with Crippen LogP contribution >= 0.6 is 0 Å². The third kappa shape index (κ3) is 8.37. The number of carboxylic acid groups (broad SMARTS) is 1. The predicted octanol–water partition coefficient (Wildman–Crippen LogP) is 4.18. The zero-order valence-corrected chi connectivity index (χ0v) is 14.9. The highest BCUT2D eigenvalue weighted by molar-refractivity contribution is 5.94. The van der Waals surface area contributed by atoms with E-state index in [0.717, 1.165) is 19.3 Å². The van der Waals surface area contributed by atoms with Gasteiger partial charge in [0.15, 0.2) is 0 Å². The molecular weight excluding hydrogens is 336 g/mol. The molecule has 0 heterocycles. The molecule has 6 nitrogen and oxygen atoms in total. The first-order valence-electron chi connectivity index (χ1n) is 8.57. The minimum absolute atomic E-state index is 0.0527. The molecule has 26 heavy (non-hydrogen) atoms. The van der Waals surface area contributed by atoms with Crippen molar-refractivity contribution >= 4 is 11.9 Å². The van der Waals surface area contributed by atoms with Gasteiger partial charge in [0.1, 0.15) is 6.10 Å². The molecule has 1 aromatic rings. The summed E-state index contributed by atoms with van der Waals surface area (Å²) in [5.74, 6) is -1.61. The van der Waals surface area contributed by atoms with Gasteiger partial charge in [-0.05, 0) is 50.3 Å². The number of carbonyl (C=O) groups excluding carboxylic acids is 1. The molecule has 0 aromatic heterocycles. The van der Waals surface area contributed by atoms with Crippen LogP contribution in [0.5, 0.6) is 0 Å². The van der Waals surface area contributed by atoms with Crippen LogP contribution in [0.15, 0.2) is 49.9 Å². The summed E-state index contributed by atoms with van der Waals surface area (Å²) in [6.45, 7) is 8.06. The summed E-state index contributed by atoms with van der Waals surface area (Å²) >= 11 is 0. The highest BCUT2D eigenvalue weighted by Crippen LogP contribution is 2.15. The molecular formula is C20H26O6. The molecule has 0 saturated carbocycles. The lowest BCUT2D eigenvalue weighted by Gasteiger charge is -2.18. The first-order valence-corrected chi connectivity index (χ1v) is 8.57. The molecule has 1 N–H and O–H groups in total. The van der Waals surface area contributed by atoms with Crippen molar-refractivity contribution < 1.29 is 28.9 Å². The van der Waals surface area contributed by atoms with E-state index in [9.17, 15) is 9.59 Å². The van der Waals surface area contributed by atoms with E-state index in [4.69, 9.17) is 19.3 Å². The van der Waals surface area contributed by atoms with Crippen molar-refractivity contribution in [3.8, 4) is 0 Å². The van der Waals surface area contributed by atoms with Crippen LogP contribution < -0.4 is 0 Å². The second-order valence-corrected chi connectivity index (χ2v) is 5.63. The van der Waals surface area contributed by atoms with Gasteiger partial charge < -0.3 is 19.3 Å². The van der Waals surface area contributed by atoms with Crippen LogP contribution in [0.2, 0.25) is 0 Å². The Hall–Kier alpha value is -2.76. The number of benzene rings is 1. The third-order valence-electron chi connectivity index (χ3n) is 3.68. The molecule has 0 aliphatic carbocycles. The molecule has 0 aliphatic heterocycles. The monoisotopic (exact) mass is 362 g/mol. The number of ether oxygens (including phenoxy) is 3. The summed E-state index contributed by atoms with van der Waals surface area (Å²) in [6, 6.07) is 5.83. The maximum absolute atomic E-state index is 12.4. The van der Waals surface area contributed by atoms with Crippen LogP contribution in [0.25, 0.3) is 0 Å². The van der Waals surface area contributed by atoms with E-state index in [1.807, 2.05) is 0 Å². The van der Waals surface area contributed by atoms with Gasteiger partial charge in [-0.1, -0.05) is 19.2 Å². The zero-order valence-electron chi connectivity index (χ0n) is 14.9. The Morgan fingerprint density at radius 2 is 1.62 bits per heavy atom. The van der Waals surface area contributed by atoms with E-state index < -0.39 is 11.9 Å².